The Morgan fingerprint density at radius 1 is 1.18 bits per heavy atom. The molecule has 1 aliphatic rings. The number of rotatable bonds is 3. The van der Waals surface area contributed by atoms with Crippen LogP contribution in [-0.4, -0.2) is 32.8 Å². The van der Waals surface area contributed by atoms with Crippen LogP contribution in [0.15, 0.2) is 15.5 Å². The summed E-state index contributed by atoms with van der Waals surface area (Å²) in [7, 11) is 0. The molecule has 1 saturated carbocycles. The van der Waals surface area contributed by atoms with Crippen LogP contribution in [0.1, 0.15) is 46.0 Å². The average Bonchev–Trinajstić information content (AvgIpc) is 2.36. The third-order valence-electron chi connectivity index (χ3n) is 3.50. The first-order chi connectivity index (χ1) is 8.08. The predicted molar refractivity (Wildman–Crippen MR) is 64.5 cm³/mol. The van der Waals surface area contributed by atoms with E-state index < -0.39 is 5.41 Å². The molecule has 0 aromatic heterocycles. The molecule has 0 radical (unpaired) electrons. The summed E-state index contributed by atoms with van der Waals surface area (Å²) in [5.74, 6) is 0. The van der Waals surface area contributed by atoms with E-state index in [-0.39, 0.29) is 0 Å². The maximum atomic E-state index is 9.03. The highest BCUT2D eigenvalue weighted by molar-refractivity contribution is 6.13. The number of oxime groups is 3. The van der Waals surface area contributed by atoms with Gasteiger partial charge in [0.25, 0.3) is 0 Å². The smallest absolute Gasteiger partial charge is 0.0687 e. The van der Waals surface area contributed by atoms with Crippen LogP contribution in [0.5, 0.6) is 0 Å². The van der Waals surface area contributed by atoms with Crippen molar-refractivity contribution in [1.82, 2.24) is 0 Å². The van der Waals surface area contributed by atoms with E-state index in [4.69, 9.17) is 15.6 Å². The number of hydrogen-bond donors (Lipinski definition) is 3. The van der Waals surface area contributed by atoms with E-state index in [2.05, 4.69) is 15.5 Å². The summed E-state index contributed by atoms with van der Waals surface area (Å²) >= 11 is 0. The Hall–Kier alpha value is -1.59. The minimum atomic E-state index is -0.548. The highest BCUT2D eigenvalue weighted by Gasteiger charge is 2.39. The van der Waals surface area contributed by atoms with Gasteiger partial charge >= 0.3 is 0 Å². The normalized spacial score (nSPS) is 31.1. The fourth-order valence-electron chi connectivity index (χ4n) is 2.23. The lowest BCUT2D eigenvalue weighted by atomic mass is 9.69. The molecule has 3 N–H and O–H groups in total. The molecule has 6 heteroatoms. The van der Waals surface area contributed by atoms with Gasteiger partial charge in [-0.15, -0.1) is 0 Å². The molecule has 1 unspecified atom stereocenters. The van der Waals surface area contributed by atoms with E-state index >= 15 is 0 Å². The van der Waals surface area contributed by atoms with E-state index in [1.165, 1.54) is 0 Å². The van der Waals surface area contributed by atoms with Crippen molar-refractivity contribution in [2.45, 2.75) is 46.0 Å². The first-order valence-corrected chi connectivity index (χ1v) is 5.69. The third kappa shape index (κ3) is 2.75. The summed E-state index contributed by atoms with van der Waals surface area (Å²) < 4.78 is 0. The molecule has 1 rings (SSSR count). The largest absolute Gasteiger partial charge is 0.411 e. The molecule has 0 bridgehead atoms. The molecule has 0 aromatic rings. The zero-order chi connectivity index (χ0) is 12.9. The van der Waals surface area contributed by atoms with Crippen LogP contribution in [-0.2, 0) is 0 Å². The van der Waals surface area contributed by atoms with Gasteiger partial charge in [0.15, 0.2) is 0 Å². The Balaban J connectivity index is 2.92. The molecule has 1 aliphatic carbocycles. The average molecular weight is 241 g/mol. The summed E-state index contributed by atoms with van der Waals surface area (Å²) in [5.41, 5.74) is 1.31. The summed E-state index contributed by atoms with van der Waals surface area (Å²) in [6.45, 7) is 3.61. The van der Waals surface area contributed by atoms with Crippen molar-refractivity contribution >= 4 is 17.1 Å². The Bertz CT molecular complexity index is 341. The fourth-order valence-corrected chi connectivity index (χ4v) is 2.23. The molecule has 0 saturated heterocycles. The Kier molecular flexibility index (Phi) is 4.48. The second kappa shape index (κ2) is 5.65. The quantitative estimate of drug-likeness (QED) is 0.402. The van der Waals surface area contributed by atoms with Crippen molar-refractivity contribution < 1.29 is 15.6 Å². The minimum absolute atomic E-state index is 0.548. The summed E-state index contributed by atoms with van der Waals surface area (Å²) in [6.07, 6.45) is 3.37. The van der Waals surface area contributed by atoms with Crippen molar-refractivity contribution in [3.63, 3.8) is 0 Å². The van der Waals surface area contributed by atoms with Crippen LogP contribution in [0, 0.1) is 5.41 Å². The van der Waals surface area contributed by atoms with Gasteiger partial charge in [-0.25, -0.2) is 0 Å². The van der Waals surface area contributed by atoms with E-state index in [1.807, 2.05) is 6.92 Å². The van der Waals surface area contributed by atoms with Crippen molar-refractivity contribution in [3.8, 4) is 0 Å². The molecule has 0 aliphatic heterocycles. The topological polar surface area (TPSA) is 97.8 Å². The minimum Gasteiger partial charge on any atom is -0.411 e. The monoisotopic (exact) mass is 241 g/mol. The second-order valence-electron chi connectivity index (χ2n) is 4.61. The molecule has 0 spiro atoms. The van der Waals surface area contributed by atoms with Crippen molar-refractivity contribution in [2.75, 3.05) is 0 Å². The first-order valence-electron chi connectivity index (χ1n) is 5.69. The molecule has 0 heterocycles. The zero-order valence-electron chi connectivity index (χ0n) is 10.2. The van der Waals surface area contributed by atoms with Gasteiger partial charge in [-0.05, 0) is 46.0 Å². The molecule has 1 atom stereocenters. The second-order valence-corrected chi connectivity index (χ2v) is 4.61. The first kappa shape index (κ1) is 13.5. The summed E-state index contributed by atoms with van der Waals surface area (Å²) in [4.78, 5) is 0. The molecule has 0 amide bonds. The van der Waals surface area contributed by atoms with Gasteiger partial charge in [0.05, 0.1) is 22.6 Å². The van der Waals surface area contributed by atoms with Crippen molar-refractivity contribution in [3.05, 3.63) is 0 Å². The van der Waals surface area contributed by atoms with Gasteiger partial charge in [0.1, 0.15) is 0 Å². The third-order valence-corrected chi connectivity index (χ3v) is 3.50. The van der Waals surface area contributed by atoms with Crippen LogP contribution in [0.3, 0.4) is 0 Å². The van der Waals surface area contributed by atoms with E-state index in [1.54, 1.807) is 6.92 Å². The maximum Gasteiger partial charge on any atom is 0.0687 e. The SMILES string of the molecule is C/C(CCC1(C)/C(=N\O)CCC/C1=N\O)=N\O. The molecule has 0 aromatic carbocycles. The lowest BCUT2D eigenvalue weighted by Gasteiger charge is -2.34. The van der Waals surface area contributed by atoms with E-state index in [0.29, 0.717) is 42.8 Å². The lowest BCUT2D eigenvalue weighted by Crippen LogP contribution is -2.40. The van der Waals surface area contributed by atoms with Crippen LogP contribution in [0.2, 0.25) is 0 Å². The molecule has 96 valence electrons. The lowest BCUT2D eigenvalue weighted by molar-refractivity contribution is 0.296. The maximum absolute atomic E-state index is 9.03. The van der Waals surface area contributed by atoms with Crippen LogP contribution in [0.25, 0.3) is 0 Å². The van der Waals surface area contributed by atoms with Crippen LogP contribution < -0.4 is 0 Å². The van der Waals surface area contributed by atoms with Crippen LogP contribution >= 0.6 is 0 Å². The number of nitrogens with zero attached hydrogens (tertiary/aromatic N) is 3. The Morgan fingerprint density at radius 3 is 2.12 bits per heavy atom. The Labute approximate surface area is 100 Å². The summed E-state index contributed by atoms with van der Waals surface area (Å²) in [6, 6.07) is 0. The van der Waals surface area contributed by atoms with Gasteiger partial charge < -0.3 is 15.6 Å². The van der Waals surface area contributed by atoms with Crippen LogP contribution in [0.4, 0.5) is 0 Å². The van der Waals surface area contributed by atoms with E-state index in [9.17, 15) is 0 Å². The molecule has 6 nitrogen and oxygen atoms in total. The Morgan fingerprint density at radius 2 is 1.71 bits per heavy atom. The highest BCUT2D eigenvalue weighted by Crippen LogP contribution is 2.36. The number of hydrogen-bond acceptors (Lipinski definition) is 6. The van der Waals surface area contributed by atoms with Gasteiger partial charge in [0, 0.05) is 0 Å². The van der Waals surface area contributed by atoms with Gasteiger partial charge in [0.2, 0.25) is 0 Å². The van der Waals surface area contributed by atoms with Gasteiger partial charge in [-0.1, -0.05) is 15.5 Å². The van der Waals surface area contributed by atoms with Gasteiger partial charge in [-0.2, -0.15) is 0 Å². The van der Waals surface area contributed by atoms with Crippen molar-refractivity contribution in [1.29, 1.82) is 0 Å². The molecule has 17 heavy (non-hydrogen) atoms. The highest BCUT2D eigenvalue weighted by atomic mass is 16.4. The zero-order valence-corrected chi connectivity index (χ0v) is 10.2. The standard InChI is InChI=1S/C11H19N3O3/c1-8(12-15)6-7-11(2)9(13-16)4-3-5-10(11)14-17/h15-17H,3-7H2,1-2H3/b12-8+,13-9-,14-10+. The van der Waals surface area contributed by atoms with Gasteiger partial charge in [-0.3, -0.25) is 0 Å². The molecule has 1 fully saturated rings. The summed E-state index contributed by atoms with van der Waals surface area (Å²) in [5, 5.41) is 36.5. The predicted octanol–water partition coefficient (Wildman–Crippen LogP) is 2.47. The molecular formula is C11H19N3O3. The fraction of sp³-hybridized carbons (Fsp3) is 0.727. The molecular weight excluding hydrogens is 222 g/mol. The van der Waals surface area contributed by atoms with Crippen molar-refractivity contribution in [2.24, 2.45) is 20.9 Å². The van der Waals surface area contributed by atoms with E-state index in [0.717, 1.165) is 6.42 Å².